The molecule has 0 fully saturated rings. The highest BCUT2D eigenvalue weighted by Crippen LogP contribution is 2.16. The molecule has 2 amide bonds. The molecule has 0 unspecified atom stereocenters. The van der Waals surface area contributed by atoms with E-state index in [-0.39, 0.29) is 17.9 Å². The van der Waals surface area contributed by atoms with E-state index in [9.17, 15) is 9.59 Å². The maximum Gasteiger partial charge on any atom is 0.243 e. The van der Waals surface area contributed by atoms with Crippen LogP contribution in [0.3, 0.4) is 0 Å². The molecule has 2 atom stereocenters. The van der Waals surface area contributed by atoms with E-state index in [1.165, 1.54) is 11.1 Å². The zero-order chi connectivity index (χ0) is 21.8. The first-order valence-electron chi connectivity index (χ1n) is 10.8. The van der Waals surface area contributed by atoms with Gasteiger partial charge in [0.15, 0.2) is 0 Å². The largest absolute Gasteiger partial charge is 0.352 e. The molecule has 0 spiro atoms. The van der Waals surface area contributed by atoms with E-state index in [0.717, 1.165) is 18.6 Å². The summed E-state index contributed by atoms with van der Waals surface area (Å²) in [5.74, 6) is 1.13. The standard InChI is InChI=1S/C25H34N2O2S/c1-4-20(3)26-25(29)23(5-2)27(17-16-21-12-8-6-9-13-21)24(28)19-30-18-22-14-10-7-11-15-22/h6-15,20,23H,4-5,16-19H2,1-3H3,(H,26,29)/t20-,23+/m0/s1. The monoisotopic (exact) mass is 426 g/mol. The molecular weight excluding hydrogens is 392 g/mol. The molecule has 162 valence electrons. The van der Waals surface area contributed by atoms with Crippen molar-refractivity contribution >= 4 is 23.6 Å². The van der Waals surface area contributed by atoms with E-state index >= 15 is 0 Å². The summed E-state index contributed by atoms with van der Waals surface area (Å²) in [6, 6.07) is 19.9. The van der Waals surface area contributed by atoms with Crippen LogP contribution in [-0.4, -0.2) is 41.1 Å². The van der Waals surface area contributed by atoms with Crippen LogP contribution >= 0.6 is 11.8 Å². The number of rotatable bonds is 12. The van der Waals surface area contributed by atoms with Crippen molar-refractivity contribution in [1.29, 1.82) is 0 Å². The fourth-order valence-corrected chi connectivity index (χ4v) is 4.12. The predicted octanol–water partition coefficient (Wildman–Crippen LogP) is 4.68. The summed E-state index contributed by atoms with van der Waals surface area (Å²) in [5, 5.41) is 3.06. The van der Waals surface area contributed by atoms with Crippen molar-refractivity contribution in [3.05, 3.63) is 71.8 Å². The first kappa shape index (κ1) is 24.0. The SMILES string of the molecule is CC[C@H](C(=O)N[C@@H](C)CC)N(CCc1ccccc1)C(=O)CSCc1ccccc1. The van der Waals surface area contributed by atoms with E-state index in [1.54, 1.807) is 16.7 Å². The van der Waals surface area contributed by atoms with Gasteiger partial charge in [0.1, 0.15) is 6.04 Å². The Bertz CT molecular complexity index is 767. The van der Waals surface area contributed by atoms with E-state index in [0.29, 0.717) is 18.7 Å². The Morgan fingerprint density at radius 2 is 1.53 bits per heavy atom. The van der Waals surface area contributed by atoms with Gasteiger partial charge >= 0.3 is 0 Å². The lowest BCUT2D eigenvalue weighted by Gasteiger charge is -2.31. The Balaban J connectivity index is 2.05. The van der Waals surface area contributed by atoms with Gasteiger partial charge in [-0.15, -0.1) is 11.8 Å². The molecular formula is C25H34N2O2S. The highest BCUT2D eigenvalue weighted by Gasteiger charge is 2.28. The average molecular weight is 427 g/mol. The van der Waals surface area contributed by atoms with Gasteiger partial charge in [0.05, 0.1) is 5.75 Å². The molecule has 0 aliphatic carbocycles. The van der Waals surface area contributed by atoms with Gasteiger partial charge in [-0.1, -0.05) is 74.5 Å². The van der Waals surface area contributed by atoms with E-state index < -0.39 is 6.04 Å². The second-order valence-corrected chi connectivity index (χ2v) is 8.53. The summed E-state index contributed by atoms with van der Waals surface area (Å²) in [7, 11) is 0. The molecule has 30 heavy (non-hydrogen) atoms. The quantitative estimate of drug-likeness (QED) is 0.536. The molecule has 0 heterocycles. The lowest BCUT2D eigenvalue weighted by Crippen LogP contribution is -2.52. The third kappa shape index (κ3) is 7.86. The van der Waals surface area contributed by atoms with Gasteiger partial charge in [0.25, 0.3) is 0 Å². The van der Waals surface area contributed by atoms with Gasteiger partial charge in [-0.05, 0) is 37.3 Å². The molecule has 4 nitrogen and oxygen atoms in total. The summed E-state index contributed by atoms with van der Waals surface area (Å²) in [4.78, 5) is 27.8. The van der Waals surface area contributed by atoms with Crippen LogP contribution in [0.4, 0.5) is 0 Å². The topological polar surface area (TPSA) is 49.4 Å². The maximum absolute atomic E-state index is 13.1. The van der Waals surface area contributed by atoms with E-state index in [4.69, 9.17) is 0 Å². The second-order valence-electron chi connectivity index (χ2n) is 7.54. The van der Waals surface area contributed by atoms with Crippen LogP contribution in [0.5, 0.6) is 0 Å². The number of hydrogen-bond acceptors (Lipinski definition) is 3. The van der Waals surface area contributed by atoms with Crippen molar-refractivity contribution in [3.63, 3.8) is 0 Å². The minimum absolute atomic E-state index is 0.0259. The van der Waals surface area contributed by atoms with Crippen LogP contribution < -0.4 is 5.32 Å². The van der Waals surface area contributed by atoms with Gasteiger partial charge in [0.2, 0.25) is 11.8 Å². The lowest BCUT2D eigenvalue weighted by atomic mass is 10.1. The Kier molecular flexibility index (Phi) is 10.5. The third-order valence-electron chi connectivity index (χ3n) is 5.21. The number of nitrogens with zero attached hydrogens (tertiary/aromatic N) is 1. The van der Waals surface area contributed by atoms with E-state index in [2.05, 4.69) is 29.6 Å². The van der Waals surface area contributed by atoms with Gasteiger partial charge in [-0.2, -0.15) is 0 Å². The van der Waals surface area contributed by atoms with Crippen molar-refractivity contribution in [1.82, 2.24) is 10.2 Å². The van der Waals surface area contributed by atoms with Crippen LogP contribution in [0, 0.1) is 0 Å². The van der Waals surface area contributed by atoms with Crippen LogP contribution in [0.15, 0.2) is 60.7 Å². The fraction of sp³-hybridized carbons (Fsp3) is 0.440. The third-order valence-corrected chi connectivity index (χ3v) is 6.20. The predicted molar refractivity (Wildman–Crippen MR) is 126 cm³/mol. The van der Waals surface area contributed by atoms with Gasteiger partial charge in [0, 0.05) is 18.3 Å². The van der Waals surface area contributed by atoms with Gasteiger partial charge in [-0.3, -0.25) is 9.59 Å². The maximum atomic E-state index is 13.1. The Morgan fingerprint density at radius 3 is 2.10 bits per heavy atom. The number of carbonyl (C=O) groups is 2. The molecule has 2 aromatic rings. The number of hydrogen-bond donors (Lipinski definition) is 1. The number of amides is 2. The molecule has 0 aliphatic rings. The van der Waals surface area contributed by atoms with Crippen molar-refractivity contribution in [2.45, 2.75) is 57.9 Å². The zero-order valence-corrected chi connectivity index (χ0v) is 19.2. The molecule has 0 radical (unpaired) electrons. The first-order chi connectivity index (χ1) is 14.5. The van der Waals surface area contributed by atoms with Crippen molar-refractivity contribution in [3.8, 4) is 0 Å². The molecule has 0 aliphatic heterocycles. The average Bonchev–Trinajstić information content (AvgIpc) is 2.77. The number of thioether (sulfide) groups is 1. The Labute approximate surface area is 185 Å². The van der Waals surface area contributed by atoms with Crippen molar-refractivity contribution < 1.29 is 9.59 Å². The fourth-order valence-electron chi connectivity index (χ4n) is 3.25. The minimum Gasteiger partial charge on any atom is -0.352 e. The van der Waals surface area contributed by atoms with Crippen molar-refractivity contribution in [2.24, 2.45) is 0 Å². The molecule has 0 aromatic heterocycles. The smallest absolute Gasteiger partial charge is 0.243 e. The van der Waals surface area contributed by atoms with Crippen LogP contribution in [0.2, 0.25) is 0 Å². The summed E-state index contributed by atoms with van der Waals surface area (Å²) < 4.78 is 0. The molecule has 2 rings (SSSR count). The van der Waals surface area contributed by atoms with Gasteiger partial charge in [-0.25, -0.2) is 0 Å². The summed E-state index contributed by atoms with van der Waals surface area (Å²) in [6.45, 7) is 6.56. The molecule has 2 aromatic carbocycles. The summed E-state index contributed by atoms with van der Waals surface area (Å²) in [5.41, 5.74) is 2.37. The highest BCUT2D eigenvalue weighted by atomic mass is 32.2. The number of nitrogens with one attached hydrogen (secondary N) is 1. The summed E-state index contributed by atoms with van der Waals surface area (Å²) in [6.07, 6.45) is 2.21. The van der Waals surface area contributed by atoms with Crippen LogP contribution in [0.1, 0.15) is 44.7 Å². The van der Waals surface area contributed by atoms with Crippen LogP contribution in [-0.2, 0) is 21.8 Å². The van der Waals surface area contributed by atoms with Crippen LogP contribution in [0.25, 0.3) is 0 Å². The number of carbonyl (C=O) groups excluding carboxylic acids is 2. The van der Waals surface area contributed by atoms with Gasteiger partial charge < -0.3 is 10.2 Å². The lowest BCUT2D eigenvalue weighted by molar-refractivity contribution is -0.139. The van der Waals surface area contributed by atoms with E-state index in [1.807, 2.05) is 57.2 Å². The summed E-state index contributed by atoms with van der Waals surface area (Å²) >= 11 is 1.60. The minimum atomic E-state index is -0.437. The number of benzene rings is 2. The molecule has 0 bridgehead atoms. The molecule has 0 saturated heterocycles. The Morgan fingerprint density at radius 1 is 0.933 bits per heavy atom. The molecule has 0 saturated carbocycles. The highest BCUT2D eigenvalue weighted by molar-refractivity contribution is 7.99. The normalized spacial score (nSPS) is 12.8. The molecule has 1 N–H and O–H groups in total. The Hall–Kier alpha value is -2.27. The first-order valence-corrected chi connectivity index (χ1v) is 12.0. The molecule has 5 heteroatoms. The van der Waals surface area contributed by atoms with Crippen molar-refractivity contribution in [2.75, 3.05) is 12.3 Å². The second kappa shape index (κ2) is 13.1. The zero-order valence-electron chi connectivity index (χ0n) is 18.3.